The first-order valence-electron chi connectivity index (χ1n) is 9.24. The van der Waals surface area contributed by atoms with E-state index in [-0.39, 0.29) is 17.6 Å². The smallest absolute Gasteiger partial charge is 0.258 e. The molecule has 3 rings (SSSR count). The minimum atomic E-state index is -0.210. The Bertz CT molecular complexity index is 882. The van der Waals surface area contributed by atoms with E-state index in [1.807, 2.05) is 41.6 Å². The molecule has 27 heavy (non-hydrogen) atoms. The number of ether oxygens (including phenoxy) is 1. The van der Waals surface area contributed by atoms with Crippen LogP contribution in [0.3, 0.4) is 0 Å². The normalized spacial score (nSPS) is 15.3. The number of aromatic nitrogens is 1. The van der Waals surface area contributed by atoms with E-state index >= 15 is 0 Å². The molecule has 1 aromatic carbocycles. The number of thiazole rings is 1. The lowest BCUT2D eigenvalue weighted by Crippen LogP contribution is -2.36. The third-order valence-electron chi connectivity index (χ3n) is 4.47. The maximum atomic E-state index is 12.2. The van der Waals surface area contributed by atoms with E-state index in [1.165, 1.54) is 29.5 Å². The van der Waals surface area contributed by atoms with Crippen LogP contribution in [-0.4, -0.2) is 52.5 Å². The van der Waals surface area contributed by atoms with Gasteiger partial charge >= 0.3 is 0 Å². The summed E-state index contributed by atoms with van der Waals surface area (Å²) < 4.78 is 8.47. The van der Waals surface area contributed by atoms with Gasteiger partial charge in [0.15, 0.2) is 4.80 Å². The molecular formula is C19H25N3O3S2. The second-order valence-electron chi connectivity index (χ2n) is 6.45. The third kappa shape index (κ3) is 5.13. The highest BCUT2D eigenvalue weighted by molar-refractivity contribution is 8.00. The molecule has 0 radical (unpaired) electrons. The van der Waals surface area contributed by atoms with Crippen molar-refractivity contribution in [1.29, 1.82) is 0 Å². The fourth-order valence-electron chi connectivity index (χ4n) is 3.08. The largest absolute Gasteiger partial charge is 0.494 e. The van der Waals surface area contributed by atoms with Crippen molar-refractivity contribution in [2.24, 2.45) is 12.0 Å². The van der Waals surface area contributed by atoms with Crippen LogP contribution in [-0.2, 0) is 16.6 Å². The summed E-state index contributed by atoms with van der Waals surface area (Å²) in [5, 5.41) is 0. The van der Waals surface area contributed by atoms with E-state index in [2.05, 4.69) is 4.99 Å². The van der Waals surface area contributed by atoms with Gasteiger partial charge in [0.2, 0.25) is 5.91 Å². The molecule has 1 aliphatic rings. The van der Waals surface area contributed by atoms with Gasteiger partial charge in [0.05, 0.1) is 28.3 Å². The SMILES string of the molecule is CCOc1ccc2c(c1)sc(=NC(=O)CSCC(=O)N1CCCCC1)n2C. The van der Waals surface area contributed by atoms with Crippen LogP contribution in [0.4, 0.5) is 0 Å². The number of carbonyl (C=O) groups excluding carboxylic acids is 2. The van der Waals surface area contributed by atoms with Gasteiger partial charge in [0, 0.05) is 20.1 Å². The average Bonchev–Trinajstić information content (AvgIpc) is 2.97. The van der Waals surface area contributed by atoms with Gasteiger partial charge in [-0.1, -0.05) is 11.3 Å². The lowest BCUT2D eigenvalue weighted by Gasteiger charge is -2.26. The molecule has 0 N–H and O–H groups in total. The Morgan fingerprint density at radius 2 is 2.00 bits per heavy atom. The quantitative estimate of drug-likeness (QED) is 0.739. The van der Waals surface area contributed by atoms with Crippen molar-refractivity contribution in [3.63, 3.8) is 0 Å². The molecule has 0 unspecified atom stereocenters. The zero-order chi connectivity index (χ0) is 19.2. The fourth-order valence-corrected chi connectivity index (χ4v) is 4.84. The summed E-state index contributed by atoms with van der Waals surface area (Å²) in [7, 11) is 1.90. The number of amides is 2. The third-order valence-corrected chi connectivity index (χ3v) is 6.47. The second-order valence-corrected chi connectivity index (χ2v) is 8.44. The lowest BCUT2D eigenvalue weighted by atomic mass is 10.1. The Hall–Kier alpha value is -1.80. The number of thioether (sulfide) groups is 1. The van der Waals surface area contributed by atoms with Gasteiger partial charge in [0.1, 0.15) is 5.75 Å². The maximum Gasteiger partial charge on any atom is 0.258 e. The molecule has 1 aromatic heterocycles. The van der Waals surface area contributed by atoms with Gasteiger partial charge in [-0.25, -0.2) is 0 Å². The number of hydrogen-bond donors (Lipinski definition) is 0. The summed E-state index contributed by atoms with van der Waals surface area (Å²) in [6.07, 6.45) is 3.36. The molecule has 1 fully saturated rings. The number of likely N-dealkylation sites (tertiary alicyclic amines) is 1. The Labute approximate surface area is 167 Å². The molecule has 2 amide bonds. The van der Waals surface area contributed by atoms with Crippen LogP contribution in [0.25, 0.3) is 10.2 Å². The Kier molecular flexibility index (Phi) is 6.95. The standard InChI is InChI=1S/C19H25N3O3S2/c1-3-25-14-7-8-15-16(11-14)27-19(21(15)2)20-17(23)12-26-13-18(24)22-9-5-4-6-10-22/h7-8,11H,3-6,9-10,12-13H2,1-2H3. The molecule has 1 saturated heterocycles. The highest BCUT2D eigenvalue weighted by atomic mass is 32.2. The van der Waals surface area contributed by atoms with Crippen LogP contribution in [0.15, 0.2) is 23.2 Å². The van der Waals surface area contributed by atoms with E-state index in [0.29, 0.717) is 17.2 Å². The molecule has 2 heterocycles. The molecule has 0 bridgehead atoms. The molecule has 8 heteroatoms. The highest BCUT2D eigenvalue weighted by Crippen LogP contribution is 2.22. The second kappa shape index (κ2) is 9.41. The molecular weight excluding hydrogens is 382 g/mol. The number of fused-ring (bicyclic) bond motifs is 1. The number of rotatable bonds is 6. The number of nitrogens with zero attached hydrogens (tertiary/aromatic N) is 3. The van der Waals surface area contributed by atoms with E-state index in [9.17, 15) is 9.59 Å². The molecule has 1 aliphatic heterocycles. The molecule has 0 spiro atoms. The summed E-state index contributed by atoms with van der Waals surface area (Å²) in [5.41, 5.74) is 1.02. The number of piperidine rings is 1. The lowest BCUT2D eigenvalue weighted by molar-refractivity contribution is -0.129. The monoisotopic (exact) mass is 407 g/mol. The van der Waals surface area contributed by atoms with E-state index in [4.69, 9.17) is 4.74 Å². The van der Waals surface area contributed by atoms with Crippen LogP contribution in [0.1, 0.15) is 26.2 Å². The van der Waals surface area contributed by atoms with Crippen molar-refractivity contribution in [2.75, 3.05) is 31.2 Å². The van der Waals surface area contributed by atoms with Crippen molar-refractivity contribution < 1.29 is 14.3 Å². The minimum Gasteiger partial charge on any atom is -0.494 e. The fraction of sp³-hybridized carbons (Fsp3) is 0.526. The van der Waals surface area contributed by atoms with E-state index < -0.39 is 0 Å². The first-order valence-corrected chi connectivity index (χ1v) is 11.2. The predicted molar refractivity (Wildman–Crippen MR) is 110 cm³/mol. The van der Waals surface area contributed by atoms with Crippen molar-refractivity contribution in [3.8, 4) is 5.75 Å². The van der Waals surface area contributed by atoms with E-state index in [0.717, 1.165) is 41.9 Å². The Morgan fingerprint density at radius 1 is 1.22 bits per heavy atom. The summed E-state index contributed by atoms with van der Waals surface area (Å²) >= 11 is 2.81. The number of benzene rings is 1. The van der Waals surface area contributed by atoms with Crippen molar-refractivity contribution >= 4 is 45.1 Å². The minimum absolute atomic E-state index is 0.128. The van der Waals surface area contributed by atoms with Gasteiger partial charge in [-0.05, 0) is 44.4 Å². The number of aryl methyl sites for hydroxylation is 1. The highest BCUT2D eigenvalue weighted by Gasteiger charge is 2.16. The Balaban J connectivity index is 1.61. The summed E-state index contributed by atoms with van der Waals surface area (Å²) in [6, 6.07) is 5.87. The number of carbonyl (C=O) groups is 2. The zero-order valence-electron chi connectivity index (χ0n) is 15.8. The Morgan fingerprint density at radius 3 is 2.74 bits per heavy atom. The van der Waals surface area contributed by atoms with Crippen molar-refractivity contribution in [3.05, 3.63) is 23.0 Å². The van der Waals surface area contributed by atoms with Gasteiger partial charge in [-0.3, -0.25) is 9.59 Å². The summed E-state index contributed by atoms with van der Waals surface area (Å²) in [6.45, 7) is 4.26. The van der Waals surface area contributed by atoms with Crippen LogP contribution < -0.4 is 9.54 Å². The van der Waals surface area contributed by atoms with E-state index in [1.54, 1.807) is 0 Å². The first kappa shape index (κ1) is 19.9. The predicted octanol–water partition coefficient (Wildman–Crippen LogP) is 2.81. The molecule has 0 aliphatic carbocycles. The van der Waals surface area contributed by atoms with Crippen molar-refractivity contribution in [2.45, 2.75) is 26.2 Å². The summed E-state index contributed by atoms with van der Waals surface area (Å²) in [5.74, 6) is 1.30. The van der Waals surface area contributed by atoms with Crippen molar-refractivity contribution in [1.82, 2.24) is 9.47 Å². The first-order chi connectivity index (χ1) is 13.1. The maximum absolute atomic E-state index is 12.2. The average molecular weight is 408 g/mol. The molecule has 6 nitrogen and oxygen atoms in total. The van der Waals surface area contributed by atoms with Crippen LogP contribution in [0.5, 0.6) is 5.75 Å². The van der Waals surface area contributed by atoms with Gasteiger partial charge < -0.3 is 14.2 Å². The molecule has 146 valence electrons. The van der Waals surface area contributed by atoms with Gasteiger partial charge in [-0.2, -0.15) is 4.99 Å². The van der Waals surface area contributed by atoms with Crippen LogP contribution in [0.2, 0.25) is 0 Å². The van der Waals surface area contributed by atoms with Gasteiger partial charge in [-0.15, -0.1) is 11.8 Å². The zero-order valence-corrected chi connectivity index (χ0v) is 17.4. The van der Waals surface area contributed by atoms with Crippen LogP contribution in [0, 0.1) is 0 Å². The van der Waals surface area contributed by atoms with Gasteiger partial charge in [0.25, 0.3) is 5.91 Å². The topological polar surface area (TPSA) is 63.9 Å². The summed E-state index contributed by atoms with van der Waals surface area (Å²) in [4.78, 5) is 31.2. The molecule has 0 atom stereocenters. The molecule has 2 aromatic rings. The van der Waals surface area contributed by atoms with Crippen LogP contribution >= 0.6 is 23.1 Å². The number of hydrogen-bond acceptors (Lipinski definition) is 5. The molecule has 0 saturated carbocycles.